The Labute approximate surface area is 110 Å². The Morgan fingerprint density at radius 2 is 2.11 bits per heavy atom. The molecule has 2 rings (SSSR count). The molecular formula is C13H16F2N2O2. The van der Waals surface area contributed by atoms with E-state index in [1.165, 1.54) is 11.0 Å². The summed E-state index contributed by atoms with van der Waals surface area (Å²) in [7, 11) is 0. The van der Waals surface area contributed by atoms with E-state index in [-0.39, 0.29) is 24.0 Å². The highest BCUT2D eigenvalue weighted by atomic mass is 19.1. The molecule has 0 spiro atoms. The van der Waals surface area contributed by atoms with Crippen molar-refractivity contribution in [1.29, 1.82) is 0 Å². The molecule has 0 aromatic heterocycles. The average Bonchev–Trinajstić information content (AvgIpc) is 2.43. The number of benzene rings is 1. The smallest absolute Gasteiger partial charge is 0.227 e. The fourth-order valence-electron chi connectivity index (χ4n) is 2.05. The maximum absolute atomic E-state index is 13.5. The summed E-state index contributed by atoms with van der Waals surface area (Å²) < 4.78 is 32.3. The van der Waals surface area contributed by atoms with Gasteiger partial charge < -0.3 is 15.4 Å². The molecule has 104 valence electrons. The van der Waals surface area contributed by atoms with E-state index in [1.54, 1.807) is 0 Å². The minimum atomic E-state index is -0.697. The van der Waals surface area contributed by atoms with Crippen LogP contribution < -0.4 is 5.73 Å². The van der Waals surface area contributed by atoms with Crippen LogP contribution in [0, 0.1) is 11.6 Å². The largest absolute Gasteiger partial charge is 0.373 e. The second-order valence-electron chi connectivity index (χ2n) is 4.45. The van der Waals surface area contributed by atoms with Crippen LogP contribution in [0.5, 0.6) is 0 Å². The van der Waals surface area contributed by atoms with Gasteiger partial charge in [-0.3, -0.25) is 4.79 Å². The van der Waals surface area contributed by atoms with Crippen LogP contribution in [0.1, 0.15) is 5.56 Å². The lowest BCUT2D eigenvalue weighted by molar-refractivity contribution is -0.137. The van der Waals surface area contributed by atoms with Crippen molar-refractivity contribution in [3.8, 4) is 0 Å². The Hall–Kier alpha value is -1.53. The molecule has 4 nitrogen and oxygen atoms in total. The van der Waals surface area contributed by atoms with Gasteiger partial charge in [-0.1, -0.05) is 6.07 Å². The zero-order valence-corrected chi connectivity index (χ0v) is 10.4. The first-order valence-corrected chi connectivity index (χ1v) is 6.14. The number of nitrogens with zero attached hydrogens (tertiary/aromatic N) is 1. The first-order chi connectivity index (χ1) is 9.11. The summed E-state index contributed by atoms with van der Waals surface area (Å²) in [5.74, 6) is -1.71. The highest BCUT2D eigenvalue weighted by Crippen LogP contribution is 2.15. The van der Waals surface area contributed by atoms with Gasteiger partial charge in [-0.05, 0) is 12.1 Å². The van der Waals surface area contributed by atoms with Crippen molar-refractivity contribution in [3.63, 3.8) is 0 Å². The van der Waals surface area contributed by atoms with Crippen molar-refractivity contribution >= 4 is 5.91 Å². The number of ether oxygens (including phenoxy) is 1. The number of hydrogen-bond donors (Lipinski definition) is 1. The number of carbonyl (C=O) groups is 1. The first kappa shape index (κ1) is 13.9. The highest BCUT2D eigenvalue weighted by Gasteiger charge is 2.24. The van der Waals surface area contributed by atoms with E-state index in [0.29, 0.717) is 26.2 Å². The van der Waals surface area contributed by atoms with E-state index >= 15 is 0 Å². The van der Waals surface area contributed by atoms with Gasteiger partial charge in [0.2, 0.25) is 5.91 Å². The Bertz CT molecular complexity index is 448. The molecule has 0 saturated carbocycles. The molecule has 1 saturated heterocycles. The van der Waals surface area contributed by atoms with Crippen molar-refractivity contribution in [3.05, 3.63) is 35.4 Å². The minimum Gasteiger partial charge on any atom is -0.373 e. The summed E-state index contributed by atoms with van der Waals surface area (Å²) in [5.41, 5.74) is 5.29. The van der Waals surface area contributed by atoms with Gasteiger partial charge in [-0.15, -0.1) is 0 Å². The number of halogens is 2. The Morgan fingerprint density at radius 1 is 1.42 bits per heavy atom. The molecule has 2 N–H and O–H groups in total. The van der Waals surface area contributed by atoms with Crippen LogP contribution in [0.3, 0.4) is 0 Å². The third-order valence-electron chi connectivity index (χ3n) is 3.14. The Morgan fingerprint density at radius 3 is 2.74 bits per heavy atom. The summed E-state index contributed by atoms with van der Waals surface area (Å²) in [6, 6.07) is 3.57. The molecule has 1 aliphatic rings. The monoisotopic (exact) mass is 270 g/mol. The van der Waals surface area contributed by atoms with Gasteiger partial charge in [0, 0.05) is 25.2 Å². The number of carbonyl (C=O) groups excluding carboxylic acids is 1. The van der Waals surface area contributed by atoms with Gasteiger partial charge in [0.1, 0.15) is 11.6 Å². The number of rotatable bonds is 3. The molecule has 1 unspecified atom stereocenters. The maximum atomic E-state index is 13.5. The fraction of sp³-hybridized carbons (Fsp3) is 0.462. The minimum absolute atomic E-state index is 0.191. The van der Waals surface area contributed by atoms with E-state index in [0.717, 1.165) is 12.1 Å². The third-order valence-corrected chi connectivity index (χ3v) is 3.14. The molecule has 19 heavy (non-hydrogen) atoms. The predicted molar refractivity (Wildman–Crippen MR) is 65.4 cm³/mol. The van der Waals surface area contributed by atoms with E-state index in [9.17, 15) is 13.6 Å². The summed E-state index contributed by atoms with van der Waals surface area (Å²) in [6.07, 6.45) is -0.487. The molecule has 0 bridgehead atoms. The molecule has 0 aliphatic carbocycles. The van der Waals surface area contributed by atoms with Crippen LogP contribution >= 0.6 is 0 Å². The van der Waals surface area contributed by atoms with Crippen LogP contribution in [-0.4, -0.2) is 43.2 Å². The summed E-state index contributed by atoms with van der Waals surface area (Å²) >= 11 is 0. The third kappa shape index (κ3) is 3.27. The number of amides is 1. The van der Waals surface area contributed by atoms with E-state index in [1.807, 2.05) is 0 Å². The molecule has 1 aliphatic heterocycles. The van der Waals surface area contributed by atoms with Crippen LogP contribution in [0.15, 0.2) is 18.2 Å². The zero-order chi connectivity index (χ0) is 13.8. The first-order valence-electron chi connectivity index (χ1n) is 6.14. The lowest BCUT2D eigenvalue weighted by Crippen LogP contribution is -2.48. The van der Waals surface area contributed by atoms with Crippen molar-refractivity contribution < 1.29 is 18.3 Å². The Balaban J connectivity index is 2.04. The molecule has 1 aromatic carbocycles. The van der Waals surface area contributed by atoms with Crippen molar-refractivity contribution in [2.45, 2.75) is 12.5 Å². The highest BCUT2D eigenvalue weighted by molar-refractivity contribution is 5.79. The normalized spacial score (nSPS) is 19.5. The quantitative estimate of drug-likeness (QED) is 0.879. The van der Waals surface area contributed by atoms with Crippen molar-refractivity contribution in [2.24, 2.45) is 5.73 Å². The van der Waals surface area contributed by atoms with Gasteiger partial charge in [-0.2, -0.15) is 0 Å². The fourth-order valence-corrected chi connectivity index (χ4v) is 2.05. The average molecular weight is 270 g/mol. The van der Waals surface area contributed by atoms with Gasteiger partial charge in [-0.25, -0.2) is 8.78 Å². The lowest BCUT2D eigenvalue weighted by atomic mass is 10.1. The second-order valence-corrected chi connectivity index (χ2v) is 4.45. The van der Waals surface area contributed by atoms with Crippen molar-refractivity contribution in [1.82, 2.24) is 4.90 Å². The van der Waals surface area contributed by atoms with Gasteiger partial charge >= 0.3 is 0 Å². The van der Waals surface area contributed by atoms with Crippen molar-refractivity contribution in [2.75, 3.05) is 26.2 Å². The molecule has 1 aromatic rings. The number of morpholine rings is 1. The summed E-state index contributed by atoms with van der Waals surface area (Å²) in [4.78, 5) is 13.6. The standard InChI is InChI=1S/C13H16F2N2O2/c14-11-2-1-3-12(15)10(11)6-13(18)17-4-5-19-9(7-16)8-17/h1-3,9H,4-8,16H2. The number of hydrogen-bond acceptors (Lipinski definition) is 3. The predicted octanol–water partition coefficient (Wildman–Crippen LogP) is 0.693. The van der Waals surface area contributed by atoms with E-state index in [4.69, 9.17) is 10.5 Å². The molecular weight excluding hydrogens is 254 g/mol. The summed E-state index contributed by atoms with van der Waals surface area (Å²) in [6.45, 7) is 1.50. The van der Waals surface area contributed by atoms with Crippen LogP contribution in [0.2, 0.25) is 0 Å². The Kier molecular flexibility index (Phi) is 4.44. The van der Waals surface area contributed by atoms with Crippen LogP contribution in [0.4, 0.5) is 8.78 Å². The van der Waals surface area contributed by atoms with Gasteiger partial charge in [0.25, 0.3) is 0 Å². The summed E-state index contributed by atoms with van der Waals surface area (Å²) in [5, 5.41) is 0. The topological polar surface area (TPSA) is 55.6 Å². The molecule has 1 atom stereocenters. The number of nitrogens with two attached hydrogens (primary N) is 1. The van der Waals surface area contributed by atoms with E-state index in [2.05, 4.69) is 0 Å². The maximum Gasteiger partial charge on any atom is 0.227 e. The molecule has 1 amide bonds. The van der Waals surface area contributed by atoms with E-state index < -0.39 is 11.6 Å². The molecule has 1 heterocycles. The zero-order valence-electron chi connectivity index (χ0n) is 10.4. The SMILES string of the molecule is NCC1CN(C(=O)Cc2c(F)cccc2F)CCO1. The molecule has 6 heteroatoms. The van der Waals surface area contributed by atoms with Crippen LogP contribution in [0.25, 0.3) is 0 Å². The second kappa shape index (κ2) is 6.08. The van der Waals surface area contributed by atoms with Gasteiger partial charge in [0.15, 0.2) is 0 Å². The molecule has 0 radical (unpaired) electrons. The molecule has 1 fully saturated rings. The van der Waals surface area contributed by atoms with Crippen LogP contribution in [-0.2, 0) is 16.0 Å². The van der Waals surface area contributed by atoms with Gasteiger partial charge in [0.05, 0.1) is 19.1 Å². The lowest BCUT2D eigenvalue weighted by Gasteiger charge is -2.32.